The molecule has 31 heavy (non-hydrogen) atoms. The molecule has 0 saturated carbocycles. The Morgan fingerprint density at radius 3 is 2.90 bits per heavy atom. The molecule has 5 rings (SSSR count). The Balaban J connectivity index is 1.47. The molecule has 1 fully saturated rings. The van der Waals surface area contributed by atoms with Crippen molar-refractivity contribution in [3.8, 4) is 22.7 Å². The van der Waals surface area contributed by atoms with Gasteiger partial charge in [0.15, 0.2) is 11.6 Å². The number of anilines is 1. The lowest BCUT2D eigenvalue weighted by Crippen LogP contribution is -2.25. The number of halogens is 2. The van der Waals surface area contributed by atoms with Crippen molar-refractivity contribution in [3.63, 3.8) is 0 Å². The molecule has 0 spiro atoms. The van der Waals surface area contributed by atoms with Crippen molar-refractivity contribution in [2.24, 2.45) is 7.05 Å². The summed E-state index contributed by atoms with van der Waals surface area (Å²) in [4.78, 5) is 13.6. The summed E-state index contributed by atoms with van der Waals surface area (Å²) in [6, 6.07) is 6.05. The highest BCUT2D eigenvalue weighted by atomic mass is 19.1. The Morgan fingerprint density at radius 1 is 1.19 bits per heavy atom. The summed E-state index contributed by atoms with van der Waals surface area (Å²) in [6.07, 6.45) is 3.18. The summed E-state index contributed by atoms with van der Waals surface area (Å²) >= 11 is 0. The van der Waals surface area contributed by atoms with Crippen LogP contribution in [0.15, 0.2) is 45.8 Å². The number of rotatable bonds is 4. The summed E-state index contributed by atoms with van der Waals surface area (Å²) in [5.41, 5.74) is 0.830. The summed E-state index contributed by atoms with van der Waals surface area (Å²) in [7, 11) is 1.80. The van der Waals surface area contributed by atoms with E-state index in [1.807, 2.05) is 4.90 Å². The van der Waals surface area contributed by atoms with Crippen molar-refractivity contribution in [3.05, 3.63) is 64.2 Å². The van der Waals surface area contributed by atoms with Crippen molar-refractivity contribution < 1.29 is 13.3 Å². The van der Waals surface area contributed by atoms with Crippen LogP contribution in [-0.2, 0) is 7.05 Å². The second kappa shape index (κ2) is 7.42. The molecule has 0 radical (unpaired) electrons. The largest absolute Gasteiger partial charge is 0.356 e. The average Bonchev–Trinajstić information content (AvgIpc) is 3.48. The molecule has 1 aromatic carbocycles. The van der Waals surface area contributed by atoms with E-state index in [1.54, 1.807) is 17.7 Å². The fraction of sp³-hybridized carbons (Fsp3) is 0.250. The zero-order valence-corrected chi connectivity index (χ0v) is 16.4. The topological polar surface area (TPSA) is 106 Å². The van der Waals surface area contributed by atoms with Gasteiger partial charge in [0.25, 0.3) is 5.56 Å². The van der Waals surface area contributed by atoms with E-state index in [-0.39, 0.29) is 22.9 Å². The van der Waals surface area contributed by atoms with Crippen LogP contribution in [0.5, 0.6) is 0 Å². The van der Waals surface area contributed by atoms with Gasteiger partial charge >= 0.3 is 0 Å². The second-order valence-corrected chi connectivity index (χ2v) is 7.31. The first-order valence-corrected chi connectivity index (χ1v) is 9.64. The van der Waals surface area contributed by atoms with Gasteiger partial charge in [-0.05, 0) is 31.0 Å². The Morgan fingerprint density at radius 2 is 2.06 bits per heavy atom. The molecule has 1 saturated heterocycles. The lowest BCUT2D eigenvalue weighted by atomic mass is 10.1. The van der Waals surface area contributed by atoms with E-state index in [0.29, 0.717) is 29.6 Å². The van der Waals surface area contributed by atoms with Crippen LogP contribution in [0.25, 0.3) is 22.7 Å². The van der Waals surface area contributed by atoms with Crippen LogP contribution in [-0.4, -0.2) is 36.7 Å². The van der Waals surface area contributed by atoms with Crippen LogP contribution >= 0.6 is 0 Å². The number of hydrogen-bond donors (Lipinski definition) is 1. The number of hydrogen-bond acceptors (Lipinski definition) is 7. The van der Waals surface area contributed by atoms with Gasteiger partial charge in [-0.15, -0.1) is 10.2 Å². The molecule has 1 aliphatic rings. The van der Waals surface area contributed by atoms with Crippen LogP contribution in [0.4, 0.5) is 14.7 Å². The Kier molecular flexibility index (Phi) is 4.57. The fourth-order valence-electron chi connectivity index (χ4n) is 3.89. The monoisotopic (exact) mass is 425 g/mol. The quantitative estimate of drug-likeness (QED) is 0.536. The minimum atomic E-state index is -0.586. The highest BCUT2D eigenvalue weighted by Gasteiger charge is 2.32. The Hall–Kier alpha value is -3.89. The number of H-pyrrole nitrogens is 1. The molecule has 9 nitrogen and oxygen atoms in total. The molecule has 4 aromatic rings. The molecule has 1 unspecified atom stereocenters. The third kappa shape index (κ3) is 3.37. The SMILES string of the molecule is Cn1c(-c2cn[nH]c(=O)c2)nnc1N1CCCC1c1cc(-c2cc(F)ccc2F)on1. The van der Waals surface area contributed by atoms with Crippen molar-refractivity contribution in [1.82, 2.24) is 30.1 Å². The highest BCUT2D eigenvalue weighted by Crippen LogP contribution is 2.37. The van der Waals surface area contributed by atoms with Crippen molar-refractivity contribution in [2.45, 2.75) is 18.9 Å². The molecule has 1 N–H and O–H groups in total. The van der Waals surface area contributed by atoms with Gasteiger partial charge in [0.2, 0.25) is 5.95 Å². The van der Waals surface area contributed by atoms with Crippen LogP contribution in [0.2, 0.25) is 0 Å². The molecule has 3 aromatic heterocycles. The predicted octanol–water partition coefficient (Wildman–Crippen LogP) is 2.84. The van der Waals surface area contributed by atoms with Gasteiger partial charge in [-0.1, -0.05) is 5.16 Å². The van der Waals surface area contributed by atoms with E-state index < -0.39 is 11.6 Å². The number of nitrogens with zero attached hydrogens (tertiary/aromatic N) is 6. The standard InChI is InChI=1S/C20H17F2N7O2/c1-28-19(11-7-18(30)24-23-10-11)25-26-20(28)29-6-2-3-16(29)15-9-17(31-27-15)13-8-12(21)4-5-14(13)22/h4-5,7-10,16H,2-3,6H2,1H3,(H,24,30). The second-order valence-electron chi connectivity index (χ2n) is 7.31. The summed E-state index contributed by atoms with van der Waals surface area (Å²) in [5, 5.41) is 18.8. The number of nitrogens with one attached hydrogen (secondary N) is 1. The zero-order chi connectivity index (χ0) is 21.5. The molecular formula is C20H17F2N7O2. The molecule has 158 valence electrons. The minimum Gasteiger partial charge on any atom is -0.356 e. The first-order chi connectivity index (χ1) is 15.0. The Labute approximate surface area is 174 Å². The van der Waals surface area contributed by atoms with Crippen LogP contribution < -0.4 is 10.5 Å². The van der Waals surface area contributed by atoms with E-state index in [2.05, 4.69) is 25.6 Å². The van der Waals surface area contributed by atoms with Gasteiger partial charge in [-0.3, -0.25) is 9.36 Å². The van der Waals surface area contributed by atoms with Gasteiger partial charge in [0.05, 0.1) is 17.8 Å². The molecule has 1 aliphatic heterocycles. The molecule has 0 amide bonds. The molecular weight excluding hydrogens is 408 g/mol. The average molecular weight is 425 g/mol. The van der Waals surface area contributed by atoms with E-state index in [4.69, 9.17) is 4.52 Å². The highest BCUT2D eigenvalue weighted by molar-refractivity contribution is 5.59. The number of benzene rings is 1. The maximum absolute atomic E-state index is 14.1. The van der Waals surface area contributed by atoms with Crippen LogP contribution in [0.3, 0.4) is 0 Å². The molecule has 4 heterocycles. The third-order valence-corrected chi connectivity index (χ3v) is 5.35. The smallest absolute Gasteiger partial charge is 0.264 e. The molecule has 0 aliphatic carbocycles. The number of aromatic nitrogens is 6. The third-order valence-electron chi connectivity index (χ3n) is 5.35. The van der Waals surface area contributed by atoms with Crippen molar-refractivity contribution >= 4 is 5.95 Å². The van der Waals surface area contributed by atoms with Crippen molar-refractivity contribution in [2.75, 3.05) is 11.4 Å². The summed E-state index contributed by atoms with van der Waals surface area (Å²) in [5.74, 6) is 0.114. The van der Waals surface area contributed by atoms with Gasteiger partial charge in [0.1, 0.15) is 17.3 Å². The summed E-state index contributed by atoms with van der Waals surface area (Å²) in [6.45, 7) is 0.709. The van der Waals surface area contributed by atoms with E-state index >= 15 is 0 Å². The van der Waals surface area contributed by atoms with Gasteiger partial charge in [-0.2, -0.15) is 5.10 Å². The minimum absolute atomic E-state index is 0.0195. The molecule has 0 bridgehead atoms. The fourth-order valence-corrected chi connectivity index (χ4v) is 3.89. The van der Waals surface area contributed by atoms with E-state index in [0.717, 1.165) is 31.0 Å². The lowest BCUT2D eigenvalue weighted by molar-refractivity contribution is 0.413. The lowest BCUT2D eigenvalue weighted by Gasteiger charge is -2.23. The normalized spacial score (nSPS) is 16.2. The maximum Gasteiger partial charge on any atom is 0.264 e. The van der Waals surface area contributed by atoms with Crippen LogP contribution in [0.1, 0.15) is 24.6 Å². The van der Waals surface area contributed by atoms with Gasteiger partial charge < -0.3 is 9.42 Å². The summed E-state index contributed by atoms with van der Waals surface area (Å²) < 4.78 is 34.8. The Bertz CT molecular complexity index is 1310. The predicted molar refractivity (Wildman–Crippen MR) is 106 cm³/mol. The maximum atomic E-state index is 14.1. The molecule has 11 heteroatoms. The number of aromatic amines is 1. The van der Waals surface area contributed by atoms with Gasteiger partial charge in [-0.25, -0.2) is 13.9 Å². The first-order valence-electron chi connectivity index (χ1n) is 9.64. The van der Waals surface area contributed by atoms with Crippen molar-refractivity contribution in [1.29, 1.82) is 0 Å². The first kappa shape index (κ1) is 19.1. The zero-order valence-electron chi connectivity index (χ0n) is 16.4. The van der Waals surface area contributed by atoms with E-state index in [1.165, 1.54) is 12.3 Å². The molecule has 1 atom stereocenters. The van der Waals surface area contributed by atoms with Gasteiger partial charge in [0, 0.05) is 31.3 Å². The van der Waals surface area contributed by atoms with Crippen LogP contribution in [0, 0.1) is 11.6 Å². The van der Waals surface area contributed by atoms with E-state index in [9.17, 15) is 13.6 Å².